The minimum absolute atomic E-state index is 0.0651. The average Bonchev–Trinajstić information content (AvgIpc) is 1.84. The van der Waals surface area contributed by atoms with Crippen molar-refractivity contribution in [2.75, 3.05) is 13.1 Å². The van der Waals surface area contributed by atoms with Gasteiger partial charge < -0.3 is 11.1 Å². The Morgan fingerprint density at radius 1 is 1.36 bits per heavy atom. The van der Waals surface area contributed by atoms with E-state index in [-0.39, 0.29) is 11.8 Å². The molecule has 1 rings (SSSR count). The van der Waals surface area contributed by atoms with Gasteiger partial charge in [0.25, 0.3) is 0 Å². The highest BCUT2D eigenvalue weighted by Gasteiger charge is 2.15. The molecule has 0 aromatic rings. The lowest BCUT2D eigenvalue weighted by molar-refractivity contribution is -0.122. The van der Waals surface area contributed by atoms with E-state index in [0.717, 1.165) is 25.9 Å². The van der Waals surface area contributed by atoms with Crippen molar-refractivity contribution >= 4 is 5.91 Å². The van der Waals surface area contributed by atoms with Gasteiger partial charge in [0.1, 0.15) is 0 Å². The number of rotatable bonds is 1. The fourth-order valence-electron chi connectivity index (χ4n) is 1.44. The van der Waals surface area contributed by atoms with E-state index in [1.165, 1.54) is 12.8 Å². The zero-order valence-electron chi connectivity index (χ0n) is 6.81. The van der Waals surface area contributed by atoms with Crippen LogP contribution < -0.4 is 11.1 Å². The molecule has 3 N–H and O–H groups in total. The highest BCUT2D eigenvalue weighted by Crippen LogP contribution is 2.10. The largest absolute Gasteiger partial charge is 0.369 e. The number of carbonyl (C=O) groups is 1. The first-order chi connectivity index (χ1) is 5.30. The average molecular weight is 156 g/mol. The standard InChI is InChI=1S/C8H16N2O/c9-8(11)7-4-2-1-3-5-10-6-7/h7,10H,1-6H2,(H2,9,11). The summed E-state index contributed by atoms with van der Waals surface area (Å²) in [4.78, 5) is 10.8. The van der Waals surface area contributed by atoms with E-state index < -0.39 is 0 Å². The molecular formula is C8H16N2O. The molecule has 1 amide bonds. The second-order valence-electron chi connectivity index (χ2n) is 3.15. The molecule has 0 radical (unpaired) electrons. The summed E-state index contributed by atoms with van der Waals surface area (Å²) in [6.07, 6.45) is 4.56. The second-order valence-corrected chi connectivity index (χ2v) is 3.15. The minimum atomic E-state index is -0.153. The van der Waals surface area contributed by atoms with Gasteiger partial charge in [0, 0.05) is 6.54 Å². The lowest BCUT2D eigenvalue weighted by Gasteiger charge is -2.16. The molecule has 0 bridgehead atoms. The first-order valence-electron chi connectivity index (χ1n) is 4.31. The molecular weight excluding hydrogens is 140 g/mol. The van der Waals surface area contributed by atoms with E-state index in [9.17, 15) is 4.79 Å². The number of nitrogens with one attached hydrogen (secondary N) is 1. The van der Waals surface area contributed by atoms with E-state index in [4.69, 9.17) is 5.73 Å². The van der Waals surface area contributed by atoms with Crippen molar-refractivity contribution in [3.05, 3.63) is 0 Å². The van der Waals surface area contributed by atoms with E-state index >= 15 is 0 Å². The molecule has 11 heavy (non-hydrogen) atoms. The number of carbonyl (C=O) groups excluding carboxylic acids is 1. The molecule has 0 aromatic heterocycles. The van der Waals surface area contributed by atoms with E-state index in [1.54, 1.807) is 0 Å². The van der Waals surface area contributed by atoms with Crippen molar-refractivity contribution in [3.63, 3.8) is 0 Å². The molecule has 1 atom stereocenters. The highest BCUT2D eigenvalue weighted by atomic mass is 16.1. The Morgan fingerprint density at radius 2 is 2.18 bits per heavy atom. The minimum Gasteiger partial charge on any atom is -0.369 e. The van der Waals surface area contributed by atoms with Gasteiger partial charge in [-0.1, -0.05) is 12.8 Å². The number of hydrogen-bond donors (Lipinski definition) is 2. The van der Waals surface area contributed by atoms with Crippen LogP contribution in [0, 0.1) is 5.92 Å². The zero-order valence-corrected chi connectivity index (χ0v) is 6.81. The third kappa shape index (κ3) is 2.89. The molecule has 0 aromatic carbocycles. The maximum absolute atomic E-state index is 10.8. The predicted octanol–water partition coefficient (Wildman–Crippen LogP) is 0.251. The summed E-state index contributed by atoms with van der Waals surface area (Å²) < 4.78 is 0. The molecule has 0 saturated carbocycles. The second kappa shape index (κ2) is 4.34. The van der Waals surface area contributed by atoms with Crippen LogP contribution in [0.1, 0.15) is 25.7 Å². The maximum Gasteiger partial charge on any atom is 0.221 e. The highest BCUT2D eigenvalue weighted by molar-refractivity contribution is 5.76. The van der Waals surface area contributed by atoms with Gasteiger partial charge in [0.2, 0.25) is 5.91 Å². The first kappa shape index (κ1) is 8.53. The molecule has 1 unspecified atom stereocenters. The summed E-state index contributed by atoms with van der Waals surface area (Å²) in [6, 6.07) is 0. The Hall–Kier alpha value is -0.570. The normalized spacial score (nSPS) is 27.1. The van der Waals surface area contributed by atoms with Crippen molar-refractivity contribution in [1.82, 2.24) is 5.32 Å². The van der Waals surface area contributed by atoms with Crippen molar-refractivity contribution < 1.29 is 4.79 Å². The van der Waals surface area contributed by atoms with Crippen molar-refractivity contribution in [2.24, 2.45) is 11.7 Å². The van der Waals surface area contributed by atoms with E-state index in [0.29, 0.717) is 0 Å². The fourth-order valence-corrected chi connectivity index (χ4v) is 1.44. The number of primary amides is 1. The summed E-state index contributed by atoms with van der Waals surface area (Å²) in [7, 11) is 0. The van der Waals surface area contributed by atoms with Gasteiger partial charge in [-0.15, -0.1) is 0 Å². The molecule has 1 saturated heterocycles. The molecule has 3 nitrogen and oxygen atoms in total. The Labute approximate surface area is 67.3 Å². The Kier molecular flexibility index (Phi) is 3.36. The summed E-state index contributed by atoms with van der Waals surface area (Å²) >= 11 is 0. The third-order valence-electron chi connectivity index (χ3n) is 2.20. The lowest BCUT2D eigenvalue weighted by Crippen LogP contribution is -2.34. The quantitative estimate of drug-likeness (QED) is 0.572. The van der Waals surface area contributed by atoms with Crippen LogP contribution in [0.5, 0.6) is 0 Å². The maximum atomic E-state index is 10.8. The van der Waals surface area contributed by atoms with Crippen molar-refractivity contribution in [2.45, 2.75) is 25.7 Å². The van der Waals surface area contributed by atoms with Crippen LogP contribution in [-0.4, -0.2) is 19.0 Å². The summed E-state index contributed by atoms with van der Waals surface area (Å²) in [5, 5.41) is 3.22. The smallest absolute Gasteiger partial charge is 0.221 e. The van der Waals surface area contributed by atoms with Crippen molar-refractivity contribution in [1.29, 1.82) is 0 Å². The van der Waals surface area contributed by atoms with Crippen LogP contribution in [0.25, 0.3) is 0 Å². The summed E-state index contributed by atoms with van der Waals surface area (Å²) in [5.41, 5.74) is 5.21. The monoisotopic (exact) mass is 156 g/mol. The molecule has 1 fully saturated rings. The van der Waals surface area contributed by atoms with Gasteiger partial charge in [-0.25, -0.2) is 0 Å². The lowest BCUT2D eigenvalue weighted by atomic mass is 9.99. The van der Waals surface area contributed by atoms with Gasteiger partial charge in [-0.2, -0.15) is 0 Å². The zero-order chi connectivity index (χ0) is 8.10. The van der Waals surface area contributed by atoms with Crippen LogP contribution in [0.4, 0.5) is 0 Å². The van der Waals surface area contributed by atoms with Crippen LogP contribution in [-0.2, 0) is 4.79 Å². The number of hydrogen-bond acceptors (Lipinski definition) is 2. The van der Waals surface area contributed by atoms with Crippen LogP contribution in [0.2, 0.25) is 0 Å². The fraction of sp³-hybridized carbons (Fsp3) is 0.875. The van der Waals surface area contributed by atoms with Crippen LogP contribution in [0.3, 0.4) is 0 Å². The number of amides is 1. The molecule has 0 aliphatic carbocycles. The predicted molar refractivity (Wildman–Crippen MR) is 44.0 cm³/mol. The summed E-state index contributed by atoms with van der Waals surface area (Å²) in [6.45, 7) is 1.80. The SMILES string of the molecule is NC(=O)C1CCCCCNC1. The van der Waals surface area contributed by atoms with Crippen molar-refractivity contribution in [3.8, 4) is 0 Å². The molecule has 1 heterocycles. The first-order valence-corrected chi connectivity index (χ1v) is 4.31. The molecule has 64 valence electrons. The van der Waals surface area contributed by atoms with E-state index in [2.05, 4.69) is 5.32 Å². The Balaban J connectivity index is 2.32. The molecule has 0 spiro atoms. The third-order valence-corrected chi connectivity index (χ3v) is 2.20. The van der Waals surface area contributed by atoms with Crippen LogP contribution >= 0.6 is 0 Å². The summed E-state index contributed by atoms with van der Waals surface area (Å²) in [5.74, 6) is -0.0882. The Morgan fingerprint density at radius 3 is 2.91 bits per heavy atom. The number of nitrogens with two attached hydrogens (primary N) is 1. The van der Waals surface area contributed by atoms with Gasteiger partial charge in [-0.05, 0) is 19.4 Å². The van der Waals surface area contributed by atoms with E-state index in [1.807, 2.05) is 0 Å². The Bertz CT molecular complexity index is 128. The van der Waals surface area contributed by atoms with Gasteiger partial charge >= 0.3 is 0 Å². The molecule has 1 aliphatic heterocycles. The van der Waals surface area contributed by atoms with Gasteiger partial charge in [0.15, 0.2) is 0 Å². The van der Waals surface area contributed by atoms with Crippen LogP contribution in [0.15, 0.2) is 0 Å². The topological polar surface area (TPSA) is 55.1 Å². The molecule has 1 aliphatic rings. The van der Waals surface area contributed by atoms with Gasteiger partial charge in [-0.3, -0.25) is 4.79 Å². The van der Waals surface area contributed by atoms with Gasteiger partial charge in [0.05, 0.1) is 5.92 Å². The molecule has 3 heteroatoms.